The number of ether oxygens (including phenoxy) is 3. The zero-order valence-corrected chi connectivity index (χ0v) is 27.5. The van der Waals surface area contributed by atoms with Crippen LogP contribution in [0.2, 0.25) is 0 Å². The van der Waals surface area contributed by atoms with Crippen molar-refractivity contribution in [2.24, 2.45) is 33.6 Å². The monoisotopic (exact) mass is 655 g/mol. The molecule has 1 aromatic carbocycles. The third-order valence-electron chi connectivity index (χ3n) is 13.4. The Morgan fingerprint density at radius 1 is 1.04 bits per heavy atom. The summed E-state index contributed by atoms with van der Waals surface area (Å²) in [5.74, 6) is -0.523. The van der Waals surface area contributed by atoms with Gasteiger partial charge in [-0.05, 0) is 106 Å². The number of esters is 1. The van der Waals surface area contributed by atoms with Gasteiger partial charge in [-0.3, -0.25) is 4.99 Å². The molecule has 7 rings (SSSR count). The third-order valence-corrected chi connectivity index (χ3v) is 13.4. The highest BCUT2D eigenvalue weighted by molar-refractivity contribution is 5.85. The van der Waals surface area contributed by atoms with Crippen molar-refractivity contribution >= 4 is 12.2 Å². The molecule has 0 bridgehead atoms. The van der Waals surface area contributed by atoms with Crippen molar-refractivity contribution in [3.63, 3.8) is 0 Å². The van der Waals surface area contributed by atoms with Crippen LogP contribution in [0.25, 0.3) is 0 Å². The molecule has 10 heteroatoms. The van der Waals surface area contributed by atoms with Crippen molar-refractivity contribution in [2.45, 2.75) is 126 Å². The Kier molecular flexibility index (Phi) is 8.70. The average Bonchev–Trinajstić information content (AvgIpc) is 3.58. The molecule has 4 N–H and O–H groups in total. The maximum atomic E-state index is 13.5. The Morgan fingerprint density at radius 2 is 1.81 bits per heavy atom. The van der Waals surface area contributed by atoms with E-state index in [4.69, 9.17) is 19.2 Å². The van der Waals surface area contributed by atoms with E-state index in [1.54, 1.807) is 25.1 Å². The summed E-state index contributed by atoms with van der Waals surface area (Å²) in [4.78, 5) is 16.9. The Bertz CT molecular complexity index is 1390. The van der Waals surface area contributed by atoms with Crippen LogP contribution in [0.1, 0.15) is 83.6 Å². The number of rotatable bonds is 7. The maximum Gasteiger partial charge on any atom is 0.331 e. The lowest BCUT2D eigenvalue weighted by atomic mass is 9.41. The summed E-state index contributed by atoms with van der Waals surface area (Å²) in [6, 6.07) is 6.46. The molecule has 2 aliphatic heterocycles. The van der Waals surface area contributed by atoms with Crippen LogP contribution in [-0.2, 0) is 25.4 Å². The minimum atomic E-state index is -1.12. The van der Waals surface area contributed by atoms with Gasteiger partial charge in [0.1, 0.15) is 18.5 Å². The van der Waals surface area contributed by atoms with Gasteiger partial charge in [-0.2, -0.15) is 0 Å². The fourth-order valence-corrected chi connectivity index (χ4v) is 10.9. The third kappa shape index (κ3) is 5.51. The molecule has 0 unspecified atom stereocenters. The number of aliphatic hydroxyl groups is 4. The molecule has 1 saturated heterocycles. The van der Waals surface area contributed by atoms with Crippen LogP contribution in [0.3, 0.4) is 0 Å². The van der Waals surface area contributed by atoms with E-state index in [1.807, 2.05) is 6.21 Å². The van der Waals surface area contributed by atoms with Crippen LogP contribution in [-0.4, -0.2) is 87.7 Å². The predicted octanol–water partition coefficient (Wildman–Crippen LogP) is 4.03. The lowest BCUT2D eigenvalue weighted by Gasteiger charge is -2.66. The quantitative estimate of drug-likeness (QED) is 0.196. The Labute approximate surface area is 276 Å². The van der Waals surface area contributed by atoms with Crippen LogP contribution in [0.4, 0.5) is 4.39 Å². The van der Waals surface area contributed by atoms with Gasteiger partial charge in [-0.15, -0.1) is 0 Å². The minimum Gasteiger partial charge on any atom is -0.458 e. The van der Waals surface area contributed by atoms with Crippen molar-refractivity contribution in [2.75, 3.05) is 13.2 Å². The summed E-state index contributed by atoms with van der Waals surface area (Å²) in [7, 11) is 0. The zero-order valence-electron chi connectivity index (χ0n) is 27.5. The molecule has 9 nitrogen and oxygen atoms in total. The number of cyclic esters (lactones) is 1. The second-order valence-corrected chi connectivity index (χ2v) is 15.6. The number of hydrogen-bond donors (Lipinski definition) is 4. The molecule has 0 amide bonds. The van der Waals surface area contributed by atoms with Crippen LogP contribution < -0.4 is 0 Å². The first-order valence-electron chi connectivity index (χ1n) is 17.6. The lowest BCUT2D eigenvalue weighted by Crippen LogP contribution is -2.69. The smallest absolute Gasteiger partial charge is 0.331 e. The van der Waals surface area contributed by atoms with E-state index in [-0.39, 0.29) is 42.1 Å². The average molecular weight is 656 g/mol. The van der Waals surface area contributed by atoms with E-state index in [9.17, 15) is 29.6 Å². The number of carbonyl (C=O) groups excluding carboxylic acids is 1. The molecule has 5 fully saturated rings. The second kappa shape index (κ2) is 12.3. The predicted molar refractivity (Wildman–Crippen MR) is 171 cm³/mol. The molecular weight excluding hydrogens is 605 g/mol. The number of aliphatic imine (C=N–C) groups is 1. The first-order valence-corrected chi connectivity index (χ1v) is 17.6. The fourth-order valence-electron chi connectivity index (χ4n) is 10.9. The molecule has 0 spiro atoms. The molecule has 47 heavy (non-hydrogen) atoms. The van der Waals surface area contributed by atoms with Gasteiger partial charge in [0.05, 0.1) is 29.5 Å². The zero-order chi connectivity index (χ0) is 33.2. The van der Waals surface area contributed by atoms with Crippen LogP contribution >= 0.6 is 0 Å². The van der Waals surface area contributed by atoms with Gasteiger partial charge in [0.2, 0.25) is 0 Å². The number of fused-ring (bicyclic) bond motifs is 5. The summed E-state index contributed by atoms with van der Waals surface area (Å²) in [5, 5.41) is 46.0. The second-order valence-electron chi connectivity index (χ2n) is 15.6. The van der Waals surface area contributed by atoms with Crippen molar-refractivity contribution < 1.29 is 43.8 Å². The summed E-state index contributed by atoms with van der Waals surface area (Å²) < 4.78 is 31.0. The first kappa shape index (κ1) is 33.3. The van der Waals surface area contributed by atoms with E-state index in [0.29, 0.717) is 58.1 Å². The van der Waals surface area contributed by atoms with Crippen LogP contribution in [0.15, 0.2) is 40.9 Å². The lowest BCUT2D eigenvalue weighted by molar-refractivity contribution is -0.282. The van der Waals surface area contributed by atoms with E-state index in [2.05, 4.69) is 6.92 Å². The van der Waals surface area contributed by atoms with Gasteiger partial charge in [-0.1, -0.05) is 19.1 Å². The number of benzene rings is 1. The van der Waals surface area contributed by atoms with Crippen molar-refractivity contribution in [1.82, 2.24) is 0 Å². The maximum absolute atomic E-state index is 13.5. The Balaban J connectivity index is 1.15. The van der Waals surface area contributed by atoms with Gasteiger partial charge in [0.25, 0.3) is 0 Å². The van der Waals surface area contributed by atoms with Gasteiger partial charge in [0.15, 0.2) is 6.29 Å². The molecule has 4 aliphatic carbocycles. The van der Waals surface area contributed by atoms with E-state index in [0.717, 1.165) is 30.4 Å². The van der Waals surface area contributed by atoms with Gasteiger partial charge in [0, 0.05) is 42.5 Å². The molecule has 2 heterocycles. The topological polar surface area (TPSA) is 138 Å². The van der Waals surface area contributed by atoms with Crippen LogP contribution in [0, 0.1) is 34.4 Å². The normalized spacial score (nSPS) is 46.4. The van der Waals surface area contributed by atoms with Crippen LogP contribution in [0.5, 0.6) is 0 Å². The van der Waals surface area contributed by atoms with E-state index < -0.39 is 46.6 Å². The highest BCUT2D eigenvalue weighted by Crippen LogP contribution is 2.70. The Morgan fingerprint density at radius 3 is 2.53 bits per heavy atom. The number of nitrogens with zero attached hydrogens (tertiary/aromatic N) is 1. The van der Waals surface area contributed by atoms with Gasteiger partial charge < -0.3 is 34.6 Å². The minimum absolute atomic E-state index is 0.00644. The molecule has 1 aromatic rings. The SMILES string of the molecule is C[C@H]1O[C@@H](O[C@H]2CC[C@]3(C=NCCc4ccc(F)cc4)[C@H]4CC[C@]5(C)[C@@H](C6=CC(=O)OC6)CC[C@]5(O)[C@@H]4CC[C@]3(O)C2)C[C@H](O)[C@@H]1O. The first-order chi connectivity index (χ1) is 22.4. The Hall–Kier alpha value is -2.21. The van der Waals surface area contributed by atoms with Gasteiger partial charge in [-0.25, -0.2) is 9.18 Å². The fraction of sp³-hybridized carbons (Fsp3) is 0.730. The molecule has 6 aliphatic rings. The molecular formula is C37H50FNO8. The number of halogens is 1. The van der Waals surface area contributed by atoms with E-state index >= 15 is 0 Å². The molecule has 258 valence electrons. The molecule has 0 radical (unpaired) electrons. The number of carbonyl (C=O) groups is 1. The summed E-state index contributed by atoms with van der Waals surface area (Å²) >= 11 is 0. The summed E-state index contributed by atoms with van der Waals surface area (Å²) in [6.07, 6.45) is 6.93. The summed E-state index contributed by atoms with van der Waals surface area (Å²) in [5.41, 5.74) is -1.15. The summed E-state index contributed by atoms with van der Waals surface area (Å²) in [6.45, 7) is 4.71. The van der Waals surface area contributed by atoms with Gasteiger partial charge >= 0.3 is 5.97 Å². The highest BCUT2D eigenvalue weighted by atomic mass is 19.1. The van der Waals surface area contributed by atoms with E-state index in [1.165, 1.54) is 12.1 Å². The molecule has 0 aromatic heterocycles. The highest BCUT2D eigenvalue weighted by Gasteiger charge is 2.71. The largest absolute Gasteiger partial charge is 0.458 e. The number of aliphatic hydroxyl groups excluding tert-OH is 2. The number of hydrogen-bond acceptors (Lipinski definition) is 9. The van der Waals surface area contributed by atoms with Crippen molar-refractivity contribution in [1.29, 1.82) is 0 Å². The molecule has 4 saturated carbocycles. The standard InChI is InChI=1S/C37H50FNO8/c1-22-33(42)30(40)18-32(46-22)47-26-7-13-35(21-39-16-11-23-3-5-25(38)6-4-23)28-8-12-34(2)27(24-17-31(41)45-20-24)10-15-37(34,44)29(28)9-14-36(35,43)19-26/h3-6,17,21-22,26-30,32-33,40,42-44H,7-16,18-20H2,1-2H3/t22-,26+,27-,28+,29-,30+,32+,33-,34-,35+,36+,37+/m1/s1. The van der Waals surface area contributed by atoms with Crippen molar-refractivity contribution in [3.8, 4) is 0 Å². The van der Waals surface area contributed by atoms with Crippen molar-refractivity contribution in [3.05, 3.63) is 47.3 Å². The molecule has 12 atom stereocenters.